The number of piperazine rings is 1. The molecular weight excluding hydrogens is 617 g/mol. The molecule has 1 aliphatic heterocycles. The van der Waals surface area contributed by atoms with Crippen molar-refractivity contribution in [3.05, 3.63) is 74.9 Å². The van der Waals surface area contributed by atoms with Crippen LogP contribution < -0.4 is 21.1 Å². The van der Waals surface area contributed by atoms with Gasteiger partial charge >= 0.3 is 0 Å². The summed E-state index contributed by atoms with van der Waals surface area (Å²) in [6.45, 7) is 11.0. The molecule has 3 heterocycles. The molecule has 248 valence electrons. The number of hydrogen-bond acceptors (Lipinski definition) is 7. The van der Waals surface area contributed by atoms with Crippen molar-refractivity contribution in [3.8, 4) is 11.1 Å². The van der Waals surface area contributed by atoms with Crippen molar-refractivity contribution in [2.24, 2.45) is 0 Å². The fraction of sp³-hybridized carbons (Fsp3) is 0.444. The average Bonchev–Trinajstić information content (AvgIpc) is 3.05. The fourth-order valence-corrected chi connectivity index (χ4v) is 7.26. The number of aromatic nitrogens is 3. The van der Waals surface area contributed by atoms with Gasteiger partial charge in [0, 0.05) is 72.7 Å². The van der Waals surface area contributed by atoms with Gasteiger partial charge in [-0.1, -0.05) is 30.7 Å². The standard InChI is InChI=1S/C36H43ClFN7O2/c1-6-31(46)40-24-10-13-26(14-11-24)45-34-28(23(4)32(35(45)47)27-8-7-9-29(38)33(27)37)19-39-36(42-34)41-25-12-15-30(21(2)18-25)44-17-16-43(5)22(3)20-44/h7-9,12,15,18-19,22,24,26H,6,10-11,13-14,16-17,20H2,1-5H3,(H,40,46)(H,39,41,42). The Balaban J connectivity index is 1.38. The van der Waals surface area contributed by atoms with E-state index in [1.807, 2.05) is 19.9 Å². The van der Waals surface area contributed by atoms with E-state index in [0.717, 1.165) is 43.7 Å². The number of carbonyl (C=O) groups excluding carboxylic acids is 1. The molecule has 0 bridgehead atoms. The minimum absolute atomic E-state index is 0.0271. The quantitative estimate of drug-likeness (QED) is 0.226. The number of likely N-dealkylation sites (N-methyl/N-ethyl adjacent to an activating group) is 1. The van der Waals surface area contributed by atoms with Gasteiger partial charge in [0.05, 0.1) is 10.6 Å². The van der Waals surface area contributed by atoms with Gasteiger partial charge in [-0.2, -0.15) is 4.98 Å². The smallest absolute Gasteiger partial charge is 0.260 e. The number of halogens is 2. The molecule has 1 unspecified atom stereocenters. The molecule has 1 atom stereocenters. The lowest BCUT2D eigenvalue weighted by molar-refractivity contribution is -0.121. The Hall–Kier alpha value is -4.02. The van der Waals surface area contributed by atoms with Crippen molar-refractivity contribution < 1.29 is 9.18 Å². The van der Waals surface area contributed by atoms with E-state index in [-0.39, 0.29) is 28.6 Å². The van der Waals surface area contributed by atoms with E-state index in [1.54, 1.807) is 22.9 Å². The monoisotopic (exact) mass is 659 g/mol. The Morgan fingerprint density at radius 1 is 1.11 bits per heavy atom. The van der Waals surface area contributed by atoms with Crippen LogP contribution in [0.15, 0.2) is 47.4 Å². The lowest BCUT2D eigenvalue weighted by Crippen LogP contribution is -2.50. The summed E-state index contributed by atoms with van der Waals surface area (Å²) < 4.78 is 16.4. The van der Waals surface area contributed by atoms with E-state index >= 15 is 0 Å². The van der Waals surface area contributed by atoms with Crippen LogP contribution in [0.25, 0.3) is 22.2 Å². The summed E-state index contributed by atoms with van der Waals surface area (Å²) in [5.74, 6) is -0.175. The van der Waals surface area contributed by atoms with Gasteiger partial charge in [0.25, 0.3) is 5.56 Å². The molecule has 9 nitrogen and oxygen atoms in total. The largest absolute Gasteiger partial charge is 0.368 e. The van der Waals surface area contributed by atoms with Gasteiger partial charge in [0.1, 0.15) is 11.5 Å². The number of hydrogen-bond donors (Lipinski definition) is 2. The first-order valence-corrected chi connectivity index (χ1v) is 16.9. The zero-order valence-corrected chi connectivity index (χ0v) is 28.5. The van der Waals surface area contributed by atoms with E-state index < -0.39 is 5.82 Å². The molecule has 1 saturated carbocycles. The van der Waals surface area contributed by atoms with Crippen LogP contribution in [0.5, 0.6) is 0 Å². The maximum Gasteiger partial charge on any atom is 0.260 e. The highest BCUT2D eigenvalue weighted by molar-refractivity contribution is 6.33. The number of aryl methyl sites for hydroxylation is 2. The lowest BCUT2D eigenvalue weighted by atomic mass is 9.90. The fourth-order valence-electron chi connectivity index (χ4n) is 7.04. The first-order valence-electron chi connectivity index (χ1n) is 16.5. The third-order valence-corrected chi connectivity index (χ3v) is 10.3. The lowest BCUT2D eigenvalue weighted by Gasteiger charge is -2.39. The topological polar surface area (TPSA) is 95.4 Å². The first kappa shape index (κ1) is 32.9. The molecule has 6 rings (SSSR count). The van der Waals surface area contributed by atoms with E-state index in [0.29, 0.717) is 59.0 Å². The van der Waals surface area contributed by atoms with Gasteiger partial charge in [0.2, 0.25) is 11.9 Å². The molecule has 11 heteroatoms. The maximum absolute atomic E-state index is 14.6. The number of benzene rings is 2. The second kappa shape index (κ2) is 13.6. The number of fused-ring (bicyclic) bond motifs is 1. The zero-order chi connectivity index (χ0) is 33.4. The van der Waals surface area contributed by atoms with Gasteiger partial charge in [-0.15, -0.1) is 0 Å². The van der Waals surface area contributed by atoms with Crippen LogP contribution in [-0.2, 0) is 4.79 Å². The van der Waals surface area contributed by atoms with Gasteiger partial charge < -0.3 is 20.4 Å². The molecular formula is C36H43ClFN7O2. The highest BCUT2D eigenvalue weighted by atomic mass is 35.5. The Kier molecular flexibility index (Phi) is 9.53. The van der Waals surface area contributed by atoms with Crippen LogP contribution in [0.4, 0.5) is 21.7 Å². The van der Waals surface area contributed by atoms with Gasteiger partial charge in [0.15, 0.2) is 0 Å². The van der Waals surface area contributed by atoms with Crippen LogP contribution in [0, 0.1) is 19.7 Å². The van der Waals surface area contributed by atoms with E-state index in [4.69, 9.17) is 16.6 Å². The van der Waals surface area contributed by atoms with Gasteiger partial charge in [-0.3, -0.25) is 14.2 Å². The summed E-state index contributed by atoms with van der Waals surface area (Å²) in [5.41, 5.74) is 4.81. The van der Waals surface area contributed by atoms with Crippen molar-refractivity contribution in [1.82, 2.24) is 24.8 Å². The van der Waals surface area contributed by atoms with Crippen LogP contribution in [0.2, 0.25) is 5.02 Å². The third-order valence-electron chi connectivity index (χ3n) is 9.93. The average molecular weight is 660 g/mol. The third kappa shape index (κ3) is 6.58. The maximum atomic E-state index is 14.6. The van der Waals surface area contributed by atoms with Crippen molar-refractivity contribution in [2.45, 2.75) is 77.9 Å². The molecule has 2 aromatic carbocycles. The highest BCUT2D eigenvalue weighted by Crippen LogP contribution is 2.36. The molecule has 1 saturated heterocycles. The van der Waals surface area contributed by atoms with Gasteiger partial charge in [-0.25, -0.2) is 9.37 Å². The van der Waals surface area contributed by atoms with E-state index in [2.05, 4.69) is 58.4 Å². The minimum Gasteiger partial charge on any atom is -0.368 e. The number of rotatable bonds is 7. The zero-order valence-electron chi connectivity index (χ0n) is 27.7. The molecule has 1 amide bonds. The number of amides is 1. The Bertz CT molecular complexity index is 1870. The molecule has 4 aromatic rings. The van der Waals surface area contributed by atoms with E-state index in [9.17, 15) is 14.0 Å². The number of pyridine rings is 1. The number of nitrogens with zero attached hydrogens (tertiary/aromatic N) is 5. The summed E-state index contributed by atoms with van der Waals surface area (Å²) >= 11 is 6.43. The van der Waals surface area contributed by atoms with Crippen LogP contribution in [0.3, 0.4) is 0 Å². The van der Waals surface area contributed by atoms with Crippen molar-refractivity contribution >= 4 is 45.9 Å². The Morgan fingerprint density at radius 2 is 1.87 bits per heavy atom. The van der Waals surface area contributed by atoms with Crippen molar-refractivity contribution in [2.75, 3.05) is 36.9 Å². The van der Waals surface area contributed by atoms with Crippen molar-refractivity contribution in [3.63, 3.8) is 0 Å². The summed E-state index contributed by atoms with van der Waals surface area (Å²) in [7, 11) is 2.17. The molecule has 2 aliphatic rings. The van der Waals surface area contributed by atoms with Crippen LogP contribution >= 0.6 is 11.6 Å². The Morgan fingerprint density at radius 3 is 2.57 bits per heavy atom. The van der Waals surface area contributed by atoms with E-state index in [1.165, 1.54) is 11.8 Å². The molecule has 2 N–H and O–H groups in total. The molecule has 2 aromatic heterocycles. The minimum atomic E-state index is -0.582. The summed E-state index contributed by atoms with van der Waals surface area (Å²) in [6.07, 6.45) is 5.00. The molecule has 1 aliphatic carbocycles. The van der Waals surface area contributed by atoms with Crippen LogP contribution in [-0.4, -0.2) is 64.1 Å². The highest BCUT2D eigenvalue weighted by Gasteiger charge is 2.29. The summed E-state index contributed by atoms with van der Waals surface area (Å²) in [4.78, 5) is 40.9. The number of nitrogens with one attached hydrogen (secondary N) is 2. The predicted molar refractivity (Wildman–Crippen MR) is 187 cm³/mol. The summed E-state index contributed by atoms with van der Waals surface area (Å²) in [5, 5.41) is 7.07. The second-order valence-electron chi connectivity index (χ2n) is 13.0. The van der Waals surface area contributed by atoms with Crippen LogP contribution in [0.1, 0.15) is 63.1 Å². The predicted octanol–water partition coefficient (Wildman–Crippen LogP) is 6.76. The first-order chi connectivity index (χ1) is 22.5. The SMILES string of the molecule is CCC(=O)NC1CCC(n2c(=O)c(-c3cccc(F)c3Cl)c(C)c3cnc(Nc4ccc(N5CCN(C)C(C)C5)c(C)c4)nc32)CC1. The van der Waals surface area contributed by atoms with Crippen molar-refractivity contribution in [1.29, 1.82) is 0 Å². The number of anilines is 3. The second-order valence-corrected chi connectivity index (χ2v) is 13.4. The molecule has 2 fully saturated rings. The van der Waals surface area contributed by atoms with Gasteiger partial charge in [-0.05, 0) is 88.9 Å². The molecule has 0 spiro atoms. The molecule has 0 radical (unpaired) electrons. The molecule has 47 heavy (non-hydrogen) atoms. The Labute approximate surface area is 280 Å². The number of carbonyl (C=O) groups is 1. The summed E-state index contributed by atoms with van der Waals surface area (Å²) in [6, 6.07) is 11.2. The normalized spacial score (nSPS) is 20.4.